The highest BCUT2D eigenvalue weighted by molar-refractivity contribution is 5.94. The van der Waals surface area contributed by atoms with Gasteiger partial charge in [0.25, 0.3) is 0 Å². The minimum absolute atomic E-state index is 0.0536. The number of carbonyl (C=O) groups excluding carboxylic acids is 2. The fourth-order valence-electron chi connectivity index (χ4n) is 2.23. The fraction of sp³-hybridized carbons (Fsp3) is 0.333. The van der Waals surface area contributed by atoms with Crippen LogP contribution in [0.4, 0.5) is 0 Å². The van der Waals surface area contributed by atoms with Gasteiger partial charge >= 0.3 is 0 Å². The molecule has 0 saturated heterocycles. The number of nitrogens with zero attached hydrogens (tertiary/aromatic N) is 1. The Morgan fingerprint density at radius 1 is 1.30 bits per heavy atom. The van der Waals surface area contributed by atoms with E-state index in [0.29, 0.717) is 12.3 Å². The average molecular weight is 314 g/mol. The lowest BCUT2D eigenvalue weighted by Crippen LogP contribution is -2.42. The fourth-order valence-corrected chi connectivity index (χ4v) is 2.23. The lowest BCUT2D eigenvalue weighted by Gasteiger charge is -2.19. The first kappa shape index (κ1) is 16.8. The van der Waals surface area contributed by atoms with Gasteiger partial charge in [-0.2, -0.15) is 0 Å². The second kappa shape index (κ2) is 7.63. The zero-order valence-electron chi connectivity index (χ0n) is 13.7. The highest BCUT2D eigenvalue weighted by Gasteiger charge is 2.13. The number of fused-ring (bicyclic) bond motifs is 1. The van der Waals surface area contributed by atoms with E-state index in [9.17, 15) is 9.59 Å². The predicted molar refractivity (Wildman–Crippen MR) is 90.8 cm³/mol. The highest BCUT2D eigenvalue weighted by atomic mass is 16.3. The molecule has 5 nitrogen and oxygen atoms in total. The van der Waals surface area contributed by atoms with Crippen LogP contribution in [0.3, 0.4) is 0 Å². The summed E-state index contributed by atoms with van der Waals surface area (Å²) >= 11 is 0. The zero-order valence-corrected chi connectivity index (χ0v) is 13.7. The van der Waals surface area contributed by atoms with Crippen molar-refractivity contribution in [3.8, 4) is 0 Å². The van der Waals surface area contributed by atoms with E-state index < -0.39 is 0 Å². The molecular weight excluding hydrogens is 292 g/mol. The van der Waals surface area contributed by atoms with Gasteiger partial charge in [-0.25, -0.2) is 0 Å². The Balaban J connectivity index is 2.01. The molecule has 122 valence electrons. The maximum absolute atomic E-state index is 12.2. The lowest BCUT2D eigenvalue weighted by molar-refractivity contribution is -0.132. The summed E-state index contributed by atoms with van der Waals surface area (Å²) < 4.78 is 5.63. The van der Waals surface area contributed by atoms with Gasteiger partial charge < -0.3 is 14.6 Å². The largest absolute Gasteiger partial charge is 0.457 e. The van der Waals surface area contributed by atoms with E-state index in [2.05, 4.69) is 5.32 Å². The summed E-state index contributed by atoms with van der Waals surface area (Å²) in [7, 11) is 0. The van der Waals surface area contributed by atoms with Crippen LogP contribution in [0.5, 0.6) is 0 Å². The van der Waals surface area contributed by atoms with Gasteiger partial charge in [-0.15, -0.1) is 0 Å². The Bertz CT molecular complexity index is 683. The summed E-state index contributed by atoms with van der Waals surface area (Å²) in [5, 5.41) is 3.77. The van der Waals surface area contributed by atoms with Gasteiger partial charge in [-0.3, -0.25) is 9.59 Å². The van der Waals surface area contributed by atoms with Crippen molar-refractivity contribution in [1.29, 1.82) is 0 Å². The molecule has 2 amide bonds. The summed E-state index contributed by atoms with van der Waals surface area (Å²) in [6.45, 7) is 6.14. The SMILES string of the molecule is CCN(CC(=O)NC(C)C)C(=O)/C=C/c1cc2ccccc2o1. The molecule has 0 atom stereocenters. The normalized spacial score (nSPS) is 11.3. The van der Waals surface area contributed by atoms with Crippen molar-refractivity contribution in [2.45, 2.75) is 26.8 Å². The summed E-state index contributed by atoms with van der Waals surface area (Å²) in [4.78, 5) is 25.5. The van der Waals surface area contributed by atoms with Gasteiger partial charge in [0.1, 0.15) is 11.3 Å². The maximum Gasteiger partial charge on any atom is 0.247 e. The van der Waals surface area contributed by atoms with Crippen LogP contribution in [0, 0.1) is 0 Å². The van der Waals surface area contributed by atoms with Crippen molar-refractivity contribution >= 4 is 28.9 Å². The van der Waals surface area contributed by atoms with Crippen LogP contribution in [0.15, 0.2) is 40.8 Å². The average Bonchev–Trinajstić information content (AvgIpc) is 2.92. The number of amides is 2. The molecule has 0 unspecified atom stereocenters. The van der Waals surface area contributed by atoms with Crippen molar-refractivity contribution in [1.82, 2.24) is 10.2 Å². The third-order valence-electron chi connectivity index (χ3n) is 3.31. The molecule has 0 aliphatic rings. The molecule has 1 aromatic carbocycles. The first-order valence-corrected chi connectivity index (χ1v) is 7.74. The molecule has 0 radical (unpaired) electrons. The third-order valence-corrected chi connectivity index (χ3v) is 3.31. The Morgan fingerprint density at radius 3 is 2.70 bits per heavy atom. The number of rotatable bonds is 6. The second-order valence-corrected chi connectivity index (χ2v) is 5.59. The Kier molecular flexibility index (Phi) is 5.57. The molecule has 1 heterocycles. The predicted octanol–water partition coefficient (Wildman–Crippen LogP) is 2.82. The molecule has 0 aliphatic carbocycles. The number of hydrogen-bond acceptors (Lipinski definition) is 3. The van der Waals surface area contributed by atoms with Crippen LogP contribution < -0.4 is 5.32 Å². The minimum Gasteiger partial charge on any atom is -0.457 e. The molecule has 0 aliphatic heterocycles. The first-order valence-electron chi connectivity index (χ1n) is 7.74. The molecule has 5 heteroatoms. The van der Waals surface area contributed by atoms with Crippen molar-refractivity contribution in [3.63, 3.8) is 0 Å². The first-order chi connectivity index (χ1) is 11.0. The van der Waals surface area contributed by atoms with Crippen LogP contribution >= 0.6 is 0 Å². The molecule has 0 bridgehead atoms. The van der Waals surface area contributed by atoms with Crippen molar-refractivity contribution in [2.24, 2.45) is 0 Å². The van der Waals surface area contributed by atoms with Crippen molar-refractivity contribution in [2.75, 3.05) is 13.1 Å². The topological polar surface area (TPSA) is 62.6 Å². The van der Waals surface area contributed by atoms with Crippen LogP contribution in [-0.4, -0.2) is 35.8 Å². The van der Waals surface area contributed by atoms with E-state index >= 15 is 0 Å². The van der Waals surface area contributed by atoms with E-state index in [1.54, 1.807) is 6.08 Å². The lowest BCUT2D eigenvalue weighted by atomic mass is 10.2. The zero-order chi connectivity index (χ0) is 16.8. The van der Waals surface area contributed by atoms with E-state index in [1.165, 1.54) is 11.0 Å². The highest BCUT2D eigenvalue weighted by Crippen LogP contribution is 2.19. The molecule has 1 N–H and O–H groups in total. The van der Waals surface area contributed by atoms with Gasteiger partial charge in [0.15, 0.2) is 0 Å². The molecule has 2 rings (SSSR count). The minimum atomic E-state index is -0.216. The molecule has 0 saturated carbocycles. The Labute approximate surface area is 135 Å². The molecule has 0 fully saturated rings. The van der Waals surface area contributed by atoms with Crippen LogP contribution in [0.1, 0.15) is 26.5 Å². The number of likely N-dealkylation sites (N-methyl/N-ethyl adjacent to an activating group) is 1. The van der Waals surface area contributed by atoms with Gasteiger partial charge in [0.2, 0.25) is 11.8 Å². The van der Waals surface area contributed by atoms with Crippen LogP contribution in [0.25, 0.3) is 17.0 Å². The van der Waals surface area contributed by atoms with Gasteiger partial charge in [0, 0.05) is 24.0 Å². The number of furan rings is 1. The van der Waals surface area contributed by atoms with E-state index in [-0.39, 0.29) is 24.4 Å². The molecule has 1 aromatic heterocycles. The number of nitrogens with one attached hydrogen (secondary N) is 1. The van der Waals surface area contributed by atoms with Crippen LogP contribution in [-0.2, 0) is 9.59 Å². The number of benzene rings is 1. The van der Waals surface area contributed by atoms with E-state index in [0.717, 1.165) is 11.0 Å². The standard InChI is InChI=1S/C18H22N2O3/c1-4-20(12-17(21)19-13(2)3)18(22)10-9-15-11-14-7-5-6-8-16(14)23-15/h5-11,13H,4,12H2,1-3H3,(H,19,21)/b10-9+. The quantitative estimate of drug-likeness (QED) is 0.834. The molecule has 23 heavy (non-hydrogen) atoms. The van der Waals surface area contributed by atoms with Gasteiger partial charge in [0.05, 0.1) is 6.54 Å². The van der Waals surface area contributed by atoms with E-state index in [4.69, 9.17) is 4.42 Å². The van der Waals surface area contributed by atoms with Gasteiger partial charge in [-0.1, -0.05) is 18.2 Å². The van der Waals surface area contributed by atoms with Gasteiger partial charge in [-0.05, 0) is 39.0 Å². The monoisotopic (exact) mass is 314 g/mol. The number of para-hydroxylation sites is 1. The summed E-state index contributed by atoms with van der Waals surface area (Å²) in [6, 6.07) is 9.60. The Morgan fingerprint density at radius 2 is 2.04 bits per heavy atom. The molecular formula is C18H22N2O3. The second-order valence-electron chi connectivity index (χ2n) is 5.59. The molecule has 2 aromatic rings. The number of hydrogen-bond donors (Lipinski definition) is 1. The maximum atomic E-state index is 12.2. The molecule has 0 spiro atoms. The van der Waals surface area contributed by atoms with E-state index in [1.807, 2.05) is 51.1 Å². The Hall–Kier alpha value is -2.56. The van der Waals surface area contributed by atoms with Crippen molar-refractivity contribution in [3.05, 3.63) is 42.2 Å². The summed E-state index contributed by atoms with van der Waals surface area (Å²) in [5.74, 6) is 0.237. The smallest absolute Gasteiger partial charge is 0.247 e. The summed E-state index contributed by atoms with van der Waals surface area (Å²) in [6.07, 6.45) is 3.06. The van der Waals surface area contributed by atoms with Crippen molar-refractivity contribution < 1.29 is 14.0 Å². The summed E-state index contributed by atoms with van der Waals surface area (Å²) in [5.41, 5.74) is 0.781. The van der Waals surface area contributed by atoms with Crippen LogP contribution in [0.2, 0.25) is 0 Å². The third kappa shape index (κ3) is 4.71. The number of carbonyl (C=O) groups is 2.